The van der Waals surface area contributed by atoms with Crippen molar-refractivity contribution in [1.82, 2.24) is 4.90 Å². The van der Waals surface area contributed by atoms with Crippen molar-refractivity contribution in [3.63, 3.8) is 0 Å². The molecule has 0 bridgehead atoms. The van der Waals surface area contributed by atoms with Crippen LogP contribution in [0.5, 0.6) is 0 Å². The summed E-state index contributed by atoms with van der Waals surface area (Å²) in [7, 11) is 0. The summed E-state index contributed by atoms with van der Waals surface area (Å²) in [6.07, 6.45) is 13.3. The zero-order valence-corrected chi connectivity index (χ0v) is 11.3. The third-order valence-electron chi connectivity index (χ3n) is 3.51. The van der Waals surface area contributed by atoms with Crippen LogP contribution in [0.3, 0.4) is 0 Å². The summed E-state index contributed by atoms with van der Waals surface area (Å²) >= 11 is 0. The van der Waals surface area contributed by atoms with Gasteiger partial charge in [-0.1, -0.05) is 6.92 Å². The minimum Gasteiger partial charge on any atom is -0.372 e. The lowest BCUT2D eigenvalue weighted by Crippen LogP contribution is -2.28. The van der Waals surface area contributed by atoms with Gasteiger partial charge < -0.3 is 4.90 Å². The Morgan fingerprint density at radius 3 is 2.67 bits per heavy atom. The number of hydrogen-bond acceptors (Lipinski definition) is 3. The molecule has 0 spiro atoms. The van der Waals surface area contributed by atoms with E-state index < -0.39 is 0 Å². The molecule has 3 heteroatoms. The quantitative estimate of drug-likeness (QED) is 0.735. The maximum Gasteiger partial charge on any atom is 0.0603 e. The van der Waals surface area contributed by atoms with Crippen molar-refractivity contribution in [3.8, 4) is 0 Å². The van der Waals surface area contributed by atoms with Crippen LogP contribution < -0.4 is 0 Å². The SMILES string of the molecule is CC/C1=C/C(N2CCCCC2)=C\CN=CC=NC1. The molecule has 98 valence electrons. The second kappa shape index (κ2) is 7.14. The highest BCUT2D eigenvalue weighted by Gasteiger charge is 2.12. The van der Waals surface area contributed by atoms with E-state index in [4.69, 9.17) is 0 Å². The lowest BCUT2D eigenvalue weighted by molar-refractivity contribution is 0.292. The first kappa shape index (κ1) is 13.1. The van der Waals surface area contributed by atoms with Crippen molar-refractivity contribution >= 4 is 12.4 Å². The predicted molar refractivity (Wildman–Crippen MR) is 78.6 cm³/mol. The average Bonchev–Trinajstić information content (AvgIpc) is 2.45. The van der Waals surface area contributed by atoms with Gasteiger partial charge in [0.2, 0.25) is 0 Å². The van der Waals surface area contributed by atoms with Crippen LogP contribution in [0.25, 0.3) is 0 Å². The molecule has 0 unspecified atom stereocenters. The minimum absolute atomic E-state index is 0.755. The van der Waals surface area contributed by atoms with Gasteiger partial charge in [0, 0.05) is 31.2 Å². The van der Waals surface area contributed by atoms with E-state index in [1.807, 2.05) is 12.4 Å². The molecule has 3 nitrogen and oxygen atoms in total. The molecule has 2 rings (SSSR count). The molecule has 0 aromatic rings. The van der Waals surface area contributed by atoms with Crippen molar-refractivity contribution in [2.24, 2.45) is 9.98 Å². The number of nitrogens with zero attached hydrogens (tertiary/aromatic N) is 3. The van der Waals surface area contributed by atoms with Crippen molar-refractivity contribution in [3.05, 3.63) is 23.4 Å². The van der Waals surface area contributed by atoms with Crippen LogP contribution >= 0.6 is 0 Å². The molecule has 2 aliphatic heterocycles. The van der Waals surface area contributed by atoms with E-state index in [2.05, 4.69) is 34.0 Å². The first-order chi connectivity index (χ1) is 8.90. The van der Waals surface area contributed by atoms with Gasteiger partial charge in [-0.2, -0.15) is 0 Å². The van der Waals surface area contributed by atoms with E-state index in [0.29, 0.717) is 0 Å². The Bertz CT molecular complexity index is 371. The van der Waals surface area contributed by atoms with Gasteiger partial charge >= 0.3 is 0 Å². The maximum absolute atomic E-state index is 4.38. The fourth-order valence-corrected chi connectivity index (χ4v) is 2.37. The summed E-state index contributed by atoms with van der Waals surface area (Å²) in [5, 5.41) is 0. The molecule has 0 radical (unpaired) electrons. The average molecular weight is 245 g/mol. The van der Waals surface area contributed by atoms with Crippen LogP contribution in [0.4, 0.5) is 0 Å². The predicted octanol–water partition coefficient (Wildman–Crippen LogP) is 2.85. The van der Waals surface area contributed by atoms with Gasteiger partial charge in [0.1, 0.15) is 0 Å². The van der Waals surface area contributed by atoms with Crippen LogP contribution in [-0.2, 0) is 0 Å². The summed E-state index contributed by atoms with van der Waals surface area (Å²) in [6, 6.07) is 0. The zero-order valence-electron chi connectivity index (χ0n) is 11.3. The minimum atomic E-state index is 0.755. The Kier molecular flexibility index (Phi) is 5.18. The number of allylic oxidation sites excluding steroid dienone is 1. The first-order valence-electron chi connectivity index (χ1n) is 7.03. The van der Waals surface area contributed by atoms with Crippen molar-refractivity contribution in [2.45, 2.75) is 32.6 Å². The summed E-state index contributed by atoms with van der Waals surface area (Å²) < 4.78 is 0. The molecule has 0 aromatic heterocycles. The molecule has 0 aromatic carbocycles. The van der Waals surface area contributed by atoms with Crippen LogP contribution in [-0.4, -0.2) is 43.5 Å². The Morgan fingerprint density at radius 2 is 1.89 bits per heavy atom. The highest BCUT2D eigenvalue weighted by molar-refractivity contribution is 6.16. The van der Waals surface area contributed by atoms with Gasteiger partial charge in [0.05, 0.1) is 13.1 Å². The Hall–Kier alpha value is -1.38. The molecule has 0 aliphatic carbocycles. The molecule has 18 heavy (non-hydrogen) atoms. The Labute approximate surface area is 110 Å². The normalized spacial score (nSPS) is 27.3. The maximum atomic E-state index is 4.38. The second-order valence-corrected chi connectivity index (χ2v) is 4.84. The van der Waals surface area contributed by atoms with Gasteiger partial charge in [0.15, 0.2) is 0 Å². The van der Waals surface area contributed by atoms with Crippen LogP contribution in [0.1, 0.15) is 32.6 Å². The van der Waals surface area contributed by atoms with Crippen LogP contribution in [0.15, 0.2) is 33.4 Å². The Balaban J connectivity index is 2.16. The monoisotopic (exact) mass is 245 g/mol. The number of likely N-dealkylation sites (tertiary alicyclic amines) is 1. The lowest BCUT2D eigenvalue weighted by atomic mass is 10.1. The van der Waals surface area contributed by atoms with Gasteiger partial charge in [0.25, 0.3) is 0 Å². The van der Waals surface area contributed by atoms with Gasteiger partial charge in [-0.25, -0.2) is 0 Å². The summed E-state index contributed by atoms with van der Waals surface area (Å²) in [6.45, 7) is 6.13. The molecule has 0 amide bonds. The van der Waals surface area contributed by atoms with E-state index in [0.717, 1.165) is 19.5 Å². The van der Waals surface area contributed by atoms with Gasteiger partial charge in [-0.05, 0) is 43.4 Å². The van der Waals surface area contributed by atoms with E-state index in [1.54, 1.807) is 0 Å². The van der Waals surface area contributed by atoms with Crippen molar-refractivity contribution < 1.29 is 0 Å². The van der Waals surface area contributed by atoms with E-state index in [-0.39, 0.29) is 0 Å². The van der Waals surface area contributed by atoms with Crippen LogP contribution in [0, 0.1) is 0 Å². The van der Waals surface area contributed by atoms with E-state index in [1.165, 1.54) is 43.6 Å². The van der Waals surface area contributed by atoms with Crippen LogP contribution in [0.2, 0.25) is 0 Å². The summed E-state index contributed by atoms with van der Waals surface area (Å²) in [5.74, 6) is 0. The summed E-state index contributed by atoms with van der Waals surface area (Å²) in [5.41, 5.74) is 2.75. The molecule has 1 saturated heterocycles. The van der Waals surface area contributed by atoms with E-state index >= 15 is 0 Å². The molecule has 0 N–H and O–H groups in total. The lowest BCUT2D eigenvalue weighted by Gasteiger charge is -2.30. The zero-order chi connectivity index (χ0) is 12.6. The fraction of sp³-hybridized carbons (Fsp3) is 0.600. The molecule has 1 fully saturated rings. The topological polar surface area (TPSA) is 28.0 Å². The highest BCUT2D eigenvalue weighted by Crippen LogP contribution is 2.18. The standard InChI is InChI=1S/C15H23N3/c1-2-14-12-15(18-10-4-3-5-11-18)6-7-16-8-9-17-13-14/h6,8-9,12H,2-5,7,10-11,13H2,1H3/b14-12-,15-6+,16-8?,17-9?. The Morgan fingerprint density at radius 1 is 1.11 bits per heavy atom. The molecule has 2 aliphatic rings. The first-order valence-corrected chi connectivity index (χ1v) is 7.03. The van der Waals surface area contributed by atoms with Crippen molar-refractivity contribution in [2.75, 3.05) is 26.2 Å². The third kappa shape index (κ3) is 3.83. The van der Waals surface area contributed by atoms with Gasteiger partial charge in [-0.3, -0.25) is 9.98 Å². The summed E-state index contributed by atoms with van der Waals surface area (Å²) in [4.78, 5) is 11.2. The molecule has 2 heterocycles. The van der Waals surface area contributed by atoms with Gasteiger partial charge in [-0.15, -0.1) is 0 Å². The second-order valence-electron chi connectivity index (χ2n) is 4.84. The molecular formula is C15H23N3. The molecular weight excluding hydrogens is 222 g/mol. The molecule has 0 atom stereocenters. The number of rotatable bonds is 2. The third-order valence-corrected chi connectivity index (χ3v) is 3.51. The smallest absolute Gasteiger partial charge is 0.0603 e. The largest absolute Gasteiger partial charge is 0.372 e. The highest BCUT2D eigenvalue weighted by atomic mass is 15.1. The number of aliphatic imine (C=N–C) groups is 2. The molecule has 0 saturated carbocycles. The number of hydrogen-bond donors (Lipinski definition) is 0. The number of piperidine rings is 1. The van der Waals surface area contributed by atoms with E-state index in [9.17, 15) is 0 Å². The fourth-order valence-electron chi connectivity index (χ4n) is 2.37. The van der Waals surface area contributed by atoms with Crippen molar-refractivity contribution in [1.29, 1.82) is 0 Å².